The van der Waals surface area contributed by atoms with Gasteiger partial charge in [0.05, 0.1) is 22.9 Å². The van der Waals surface area contributed by atoms with Crippen molar-refractivity contribution >= 4 is 29.0 Å². The highest BCUT2D eigenvalue weighted by Gasteiger charge is 2.18. The monoisotopic (exact) mass is 255 g/mol. The Hall–Kier alpha value is -0.0000000000000000555. The van der Waals surface area contributed by atoms with Crippen LogP contribution in [0.25, 0.3) is 0 Å². The van der Waals surface area contributed by atoms with Crippen LogP contribution in [0.5, 0.6) is 0 Å². The molecule has 58 valence electrons. The number of nitrogens with one attached hydrogen (secondary N) is 1. The van der Waals surface area contributed by atoms with Crippen LogP contribution in [0.1, 0.15) is 25.7 Å². The zero-order valence-electron chi connectivity index (χ0n) is 5.60. The quantitative estimate of drug-likeness (QED) is 0.575. The molecule has 0 unspecified atom stereocenters. The van der Waals surface area contributed by atoms with E-state index in [4.69, 9.17) is 4.74 Å². The van der Waals surface area contributed by atoms with E-state index in [2.05, 4.69) is 3.53 Å². The minimum Gasteiger partial charge on any atom is -0.446 e. The first kappa shape index (κ1) is 8.10. The third kappa shape index (κ3) is 2.32. The van der Waals surface area contributed by atoms with E-state index in [0.717, 1.165) is 12.8 Å². The minimum atomic E-state index is -0.312. The number of hydrogen-bond acceptors (Lipinski definition) is 2. The first-order chi connectivity index (χ1) is 4.83. The summed E-state index contributed by atoms with van der Waals surface area (Å²) in [7, 11) is 0. The van der Waals surface area contributed by atoms with E-state index in [9.17, 15) is 4.79 Å². The van der Waals surface area contributed by atoms with Gasteiger partial charge in [-0.1, -0.05) is 0 Å². The molecule has 1 aliphatic rings. The molecule has 10 heavy (non-hydrogen) atoms. The third-order valence-corrected chi connectivity index (χ3v) is 2.09. The lowest BCUT2D eigenvalue weighted by molar-refractivity contribution is 0.108. The second-order valence-corrected chi connectivity index (χ2v) is 2.95. The fourth-order valence-corrected chi connectivity index (χ4v) is 1.31. The van der Waals surface area contributed by atoms with E-state index in [-0.39, 0.29) is 12.2 Å². The molecule has 4 heteroatoms. The minimum absolute atomic E-state index is 0.176. The molecule has 0 bridgehead atoms. The molecule has 0 aromatic heterocycles. The Labute approximate surface area is 74.0 Å². The Morgan fingerprint density at radius 2 is 2.10 bits per heavy atom. The summed E-state index contributed by atoms with van der Waals surface area (Å²) in [5, 5.41) is 0. The number of rotatable bonds is 1. The van der Waals surface area contributed by atoms with Gasteiger partial charge in [-0.2, -0.15) is 0 Å². The van der Waals surface area contributed by atoms with Gasteiger partial charge < -0.3 is 4.74 Å². The predicted molar refractivity (Wildman–Crippen MR) is 45.9 cm³/mol. The van der Waals surface area contributed by atoms with E-state index >= 15 is 0 Å². The van der Waals surface area contributed by atoms with Crippen molar-refractivity contribution in [1.82, 2.24) is 3.53 Å². The normalized spacial score (nSPS) is 18.9. The van der Waals surface area contributed by atoms with Gasteiger partial charge in [0.15, 0.2) is 0 Å². The molecule has 1 amide bonds. The largest absolute Gasteiger partial charge is 0.446 e. The van der Waals surface area contributed by atoms with Crippen LogP contribution in [0.2, 0.25) is 0 Å². The lowest BCUT2D eigenvalue weighted by atomic mass is 10.3. The fraction of sp³-hybridized carbons (Fsp3) is 0.833. The molecule has 0 spiro atoms. The van der Waals surface area contributed by atoms with E-state index < -0.39 is 0 Å². The highest BCUT2D eigenvalue weighted by Crippen LogP contribution is 2.20. The number of ether oxygens (including phenoxy) is 1. The van der Waals surface area contributed by atoms with Crippen LogP contribution < -0.4 is 3.53 Å². The van der Waals surface area contributed by atoms with Gasteiger partial charge in [0.25, 0.3) is 0 Å². The molecule has 0 saturated heterocycles. The molecule has 0 heterocycles. The van der Waals surface area contributed by atoms with Gasteiger partial charge in [0, 0.05) is 0 Å². The zero-order valence-corrected chi connectivity index (χ0v) is 7.76. The van der Waals surface area contributed by atoms with Crippen LogP contribution in [-0.4, -0.2) is 12.2 Å². The summed E-state index contributed by atoms with van der Waals surface area (Å²) in [5.41, 5.74) is 0. The van der Waals surface area contributed by atoms with E-state index in [0.29, 0.717) is 0 Å². The van der Waals surface area contributed by atoms with E-state index in [1.807, 2.05) is 0 Å². The molecule has 1 rings (SSSR count). The van der Waals surface area contributed by atoms with Crippen molar-refractivity contribution in [3.05, 3.63) is 0 Å². The molecule has 0 radical (unpaired) electrons. The summed E-state index contributed by atoms with van der Waals surface area (Å²) in [5.74, 6) is 0. The summed E-state index contributed by atoms with van der Waals surface area (Å²) < 4.78 is 7.40. The van der Waals surface area contributed by atoms with Gasteiger partial charge in [-0.15, -0.1) is 0 Å². The molecule has 3 nitrogen and oxygen atoms in total. The Bertz CT molecular complexity index is 123. The van der Waals surface area contributed by atoms with Crippen molar-refractivity contribution in [3.63, 3.8) is 0 Å². The molecule has 0 aromatic carbocycles. The van der Waals surface area contributed by atoms with Crippen LogP contribution in [0.4, 0.5) is 4.79 Å². The average molecular weight is 255 g/mol. The van der Waals surface area contributed by atoms with Crippen molar-refractivity contribution in [1.29, 1.82) is 0 Å². The number of carbonyl (C=O) groups is 1. The maximum atomic E-state index is 10.6. The first-order valence-corrected chi connectivity index (χ1v) is 4.48. The zero-order chi connectivity index (χ0) is 7.40. The van der Waals surface area contributed by atoms with Gasteiger partial charge >= 0.3 is 6.09 Å². The molecule has 1 N–H and O–H groups in total. The third-order valence-electron chi connectivity index (χ3n) is 1.65. The highest BCUT2D eigenvalue weighted by atomic mass is 127. The van der Waals surface area contributed by atoms with E-state index in [1.165, 1.54) is 12.8 Å². The molecule has 1 fully saturated rings. The second kappa shape index (κ2) is 4.00. The van der Waals surface area contributed by atoms with Crippen molar-refractivity contribution in [2.24, 2.45) is 0 Å². The van der Waals surface area contributed by atoms with Gasteiger partial charge in [0.1, 0.15) is 6.10 Å². The first-order valence-electron chi connectivity index (χ1n) is 3.40. The van der Waals surface area contributed by atoms with Crippen LogP contribution in [0.3, 0.4) is 0 Å². The van der Waals surface area contributed by atoms with Crippen LogP contribution >= 0.6 is 22.9 Å². The van der Waals surface area contributed by atoms with Gasteiger partial charge in [0.2, 0.25) is 0 Å². The van der Waals surface area contributed by atoms with Crippen molar-refractivity contribution < 1.29 is 9.53 Å². The Balaban J connectivity index is 2.17. The molecular formula is C6H10INO2. The lowest BCUT2D eigenvalue weighted by Crippen LogP contribution is -2.20. The Morgan fingerprint density at radius 3 is 2.60 bits per heavy atom. The Morgan fingerprint density at radius 1 is 1.50 bits per heavy atom. The van der Waals surface area contributed by atoms with Crippen molar-refractivity contribution in [3.8, 4) is 0 Å². The fourth-order valence-electron chi connectivity index (χ4n) is 1.18. The molecule has 0 aromatic rings. The van der Waals surface area contributed by atoms with Crippen molar-refractivity contribution in [2.45, 2.75) is 31.8 Å². The van der Waals surface area contributed by atoms with Crippen LogP contribution in [0.15, 0.2) is 0 Å². The number of carbonyl (C=O) groups excluding carboxylic acids is 1. The maximum absolute atomic E-state index is 10.6. The maximum Gasteiger partial charge on any atom is 0.416 e. The summed E-state index contributed by atoms with van der Waals surface area (Å²) in [4.78, 5) is 10.6. The van der Waals surface area contributed by atoms with Gasteiger partial charge in [-0.05, 0) is 25.7 Å². The molecule has 1 saturated carbocycles. The van der Waals surface area contributed by atoms with Crippen LogP contribution in [-0.2, 0) is 4.74 Å². The smallest absolute Gasteiger partial charge is 0.416 e. The van der Waals surface area contributed by atoms with Gasteiger partial charge in [-0.25, -0.2) is 4.79 Å². The molecule has 0 aliphatic heterocycles. The summed E-state index contributed by atoms with van der Waals surface area (Å²) >= 11 is 1.78. The summed E-state index contributed by atoms with van der Waals surface area (Å²) in [6.45, 7) is 0. The molecule has 0 atom stereocenters. The summed E-state index contributed by atoms with van der Waals surface area (Å²) in [6, 6.07) is 0. The SMILES string of the molecule is O=C(NI)OC1CCCC1. The molecular weight excluding hydrogens is 245 g/mol. The van der Waals surface area contributed by atoms with E-state index in [1.54, 1.807) is 22.9 Å². The highest BCUT2D eigenvalue weighted by molar-refractivity contribution is 14.1. The van der Waals surface area contributed by atoms with Gasteiger partial charge in [-0.3, -0.25) is 3.53 Å². The number of hydrogen-bond donors (Lipinski definition) is 1. The molecule has 1 aliphatic carbocycles. The number of amides is 1. The van der Waals surface area contributed by atoms with Crippen molar-refractivity contribution in [2.75, 3.05) is 0 Å². The second-order valence-electron chi connectivity index (χ2n) is 2.41. The topological polar surface area (TPSA) is 38.3 Å². The standard InChI is InChI=1S/C6H10INO2/c7-8-6(9)10-5-3-1-2-4-5/h5H,1-4H2,(H,8,9). The van der Waals surface area contributed by atoms with Crippen LogP contribution in [0, 0.1) is 0 Å². The number of halogens is 1. The lowest BCUT2D eigenvalue weighted by Gasteiger charge is -2.08. The average Bonchev–Trinajstić information content (AvgIpc) is 2.40. The predicted octanol–water partition coefficient (Wildman–Crippen LogP) is 2.01. The Kier molecular flexibility index (Phi) is 3.24. The summed E-state index contributed by atoms with van der Waals surface area (Å²) in [6.07, 6.45) is 4.31.